The monoisotopic (exact) mass is 368 g/mol. The molecule has 26 heavy (non-hydrogen) atoms. The van der Waals surface area contributed by atoms with Crippen molar-refractivity contribution in [3.05, 3.63) is 64.9 Å². The van der Waals surface area contributed by atoms with E-state index in [1.165, 1.54) is 5.56 Å². The largest absolute Gasteiger partial charge is 0.295 e. The van der Waals surface area contributed by atoms with Gasteiger partial charge < -0.3 is 0 Å². The lowest BCUT2D eigenvalue weighted by Crippen LogP contribution is -2.24. The molecule has 0 saturated carbocycles. The summed E-state index contributed by atoms with van der Waals surface area (Å²) in [6, 6.07) is 11.6. The van der Waals surface area contributed by atoms with Gasteiger partial charge in [-0.25, -0.2) is 0 Å². The van der Waals surface area contributed by atoms with Crippen molar-refractivity contribution in [2.24, 2.45) is 0 Å². The number of rotatable bonds is 2. The van der Waals surface area contributed by atoms with Crippen LogP contribution in [0.2, 0.25) is 5.02 Å². The summed E-state index contributed by atoms with van der Waals surface area (Å²) in [5.41, 5.74) is 4.24. The third kappa shape index (κ3) is 4.11. The summed E-state index contributed by atoms with van der Waals surface area (Å²) >= 11 is 5.61. The number of amides is 1. The van der Waals surface area contributed by atoms with Crippen LogP contribution in [-0.4, -0.2) is 27.6 Å². The second-order valence-corrected chi connectivity index (χ2v) is 6.66. The molecule has 1 fully saturated rings. The molecule has 1 amide bonds. The lowest BCUT2D eigenvalue weighted by Gasteiger charge is -2.12. The summed E-state index contributed by atoms with van der Waals surface area (Å²) in [6.07, 6.45) is 5.03. The summed E-state index contributed by atoms with van der Waals surface area (Å²) in [7, 11) is 0. The van der Waals surface area contributed by atoms with Gasteiger partial charge in [-0.2, -0.15) is 5.10 Å². The van der Waals surface area contributed by atoms with Gasteiger partial charge in [0.2, 0.25) is 5.91 Å². The summed E-state index contributed by atoms with van der Waals surface area (Å²) < 4.78 is 0. The van der Waals surface area contributed by atoms with Crippen LogP contribution < -0.4 is 4.90 Å². The van der Waals surface area contributed by atoms with Gasteiger partial charge in [0.25, 0.3) is 0 Å². The zero-order valence-electron chi connectivity index (χ0n) is 14.9. The number of halogens is 1. The summed E-state index contributed by atoms with van der Waals surface area (Å²) in [5.74, 6) is 0.912. The standard InChI is InChI=1S/C13H14N4O.C7H7Cl/c1-9-12(10-4-6-14-7-5-10)15-16-13(9)17-8-2-3-11(17)18;1-6-2-4-7(8)5-3-6/h4-7H,2-3,8H2,1H3,(H,15,16);2-5H,1H3. The second-order valence-electron chi connectivity index (χ2n) is 6.23. The average molecular weight is 369 g/mol. The van der Waals surface area contributed by atoms with Crippen molar-refractivity contribution in [3.8, 4) is 11.3 Å². The van der Waals surface area contributed by atoms with Crippen molar-refractivity contribution < 1.29 is 4.79 Å². The Morgan fingerprint density at radius 1 is 1.08 bits per heavy atom. The molecular weight excluding hydrogens is 348 g/mol. The minimum absolute atomic E-state index is 0.158. The van der Waals surface area contributed by atoms with Gasteiger partial charge in [-0.3, -0.25) is 19.8 Å². The van der Waals surface area contributed by atoms with Gasteiger partial charge >= 0.3 is 0 Å². The molecule has 0 spiro atoms. The Morgan fingerprint density at radius 3 is 2.35 bits per heavy atom. The molecule has 0 unspecified atom stereocenters. The van der Waals surface area contributed by atoms with Gasteiger partial charge in [0.05, 0.1) is 5.69 Å². The van der Waals surface area contributed by atoms with Crippen molar-refractivity contribution in [2.75, 3.05) is 11.4 Å². The molecule has 1 aliphatic rings. The van der Waals surface area contributed by atoms with Gasteiger partial charge in [-0.1, -0.05) is 29.3 Å². The molecule has 0 bridgehead atoms. The van der Waals surface area contributed by atoms with Crippen LogP contribution in [0.4, 0.5) is 5.82 Å². The van der Waals surface area contributed by atoms with Crippen molar-refractivity contribution in [3.63, 3.8) is 0 Å². The maximum absolute atomic E-state index is 11.7. The van der Waals surface area contributed by atoms with Gasteiger partial charge in [-0.15, -0.1) is 0 Å². The number of aromatic amines is 1. The predicted molar refractivity (Wildman–Crippen MR) is 104 cm³/mol. The highest BCUT2D eigenvalue weighted by Crippen LogP contribution is 2.29. The molecule has 1 aromatic carbocycles. The molecule has 6 heteroatoms. The molecule has 1 aliphatic heterocycles. The molecule has 3 heterocycles. The van der Waals surface area contributed by atoms with E-state index in [2.05, 4.69) is 15.2 Å². The summed E-state index contributed by atoms with van der Waals surface area (Å²) in [4.78, 5) is 17.5. The number of hydrogen-bond acceptors (Lipinski definition) is 3. The molecule has 1 N–H and O–H groups in total. The van der Waals surface area contributed by atoms with Gasteiger partial charge in [0, 0.05) is 41.5 Å². The normalized spacial score (nSPS) is 13.5. The summed E-state index contributed by atoms with van der Waals surface area (Å²) in [6.45, 7) is 4.79. The third-order valence-electron chi connectivity index (χ3n) is 4.29. The second kappa shape index (κ2) is 8.15. The Bertz CT molecular complexity index is 854. The molecule has 3 aromatic rings. The van der Waals surface area contributed by atoms with Crippen LogP contribution in [0.15, 0.2) is 48.8 Å². The number of pyridine rings is 1. The van der Waals surface area contributed by atoms with Crippen LogP contribution in [0.25, 0.3) is 11.3 Å². The van der Waals surface area contributed by atoms with E-state index >= 15 is 0 Å². The SMILES string of the molecule is Cc1c(N2CCCC2=O)n[nH]c1-c1ccncc1.Cc1ccc(Cl)cc1. The van der Waals surface area contributed by atoms with E-state index in [4.69, 9.17) is 11.6 Å². The number of benzene rings is 1. The van der Waals surface area contributed by atoms with E-state index in [0.29, 0.717) is 6.42 Å². The smallest absolute Gasteiger partial charge is 0.228 e. The van der Waals surface area contributed by atoms with Crippen LogP contribution >= 0.6 is 11.6 Å². The van der Waals surface area contributed by atoms with Crippen LogP contribution in [0.1, 0.15) is 24.0 Å². The number of H-pyrrole nitrogens is 1. The minimum Gasteiger partial charge on any atom is -0.295 e. The van der Waals surface area contributed by atoms with Crippen molar-refractivity contribution in [2.45, 2.75) is 26.7 Å². The zero-order valence-corrected chi connectivity index (χ0v) is 15.6. The number of carbonyl (C=O) groups excluding carboxylic acids is 1. The Morgan fingerprint density at radius 2 is 1.77 bits per heavy atom. The third-order valence-corrected chi connectivity index (χ3v) is 4.54. The van der Waals surface area contributed by atoms with Crippen LogP contribution in [0.3, 0.4) is 0 Å². The molecule has 134 valence electrons. The molecule has 5 nitrogen and oxygen atoms in total. The fourth-order valence-corrected chi connectivity index (χ4v) is 2.98. The topological polar surface area (TPSA) is 61.9 Å². The van der Waals surface area contributed by atoms with E-state index < -0.39 is 0 Å². The highest BCUT2D eigenvalue weighted by Gasteiger charge is 2.26. The van der Waals surface area contributed by atoms with Crippen LogP contribution in [-0.2, 0) is 4.79 Å². The quantitative estimate of drug-likeness (QED) is 0.721. The highest BCUT2D eigenvalue weighted by molar-refractivity contribution is 6.30. The first kappa shape index (κ1) is 18.1. The first-order valence-electron chi connectivity index (χ1n) is 8.54. The number of nitrogens with one attached hydrogen (secondary N) is 1. The minimum atomic E-state index is 0.158. The summed E-state index contributed by atoms with van der Waals surface area (Å²) in [5, 5.41) is 8.10. The highest BCUT2D eigenvalue weighted by atomic mass is 35.5. The van der Waals surface area contributed by atoms with Crippen molar-refractivity contribution in [1.82, 2.24) is 15.2 Å². The van der Waals surface area contributed by atoms with Crippen LogP contribution in [0.5, 0.6) is 0 Å². The first-order chi connectivity index (χ1) is 12.6. The van der Waals surface area contributed by atoms with Crippen molar-refractivity contribution >= 4 is 23.3 Å². The van der Waals surface area contributed by atoms with E-state index in [-0.39, 0.29) is 5.91 Å². The van der Waals surface area contributed by atoms with Gasteiger partial charge in [-0.05, 0) is 44.5 Å². The lowest BCUT2D eigenvalue weighted by atomic mass is 10.1. The molecular formula is C20H21ClN4O. The average Bonchev–Trinajstić information content (AvgIpc) is 3.24. The Labute approximate surface area is 158 Å². The Kier molecular flexibility index (Phi) is 5.68. The molecule has 0 aliphatic carbocycles. The Hall–Kier alpha value is -2.66. The van der Waals surface area contributed by atoms with E-state index in [1.54, 1.807) is 17.3 Å². The maximum Gasteiger partial charge on any atom is 0.228 e. The number of aromatic nitrogens is 3. The van der Waals surface area contributed by atoms with E-state index in [1.807, 2.05) is 50.2 Å². The lowest BCUT2D eigenvalue weighted by molar-refractivity contribution is -0.117. The first-order valence-corrected chi connectivity index (χ1v) is 8.92. The number of hydrogen-bond donors (Lipinski definition) is 1. The number of aryl methyl sites for hydroxylation is 1. The number of carbonyl (C=O) groups is 1. The molecule has 2 aromatic heterocycles. The molecule has 0 radical (unpaired) electrons. The maximum atomic E-state index is 11.7. The molecule has 1 saturated heterocycles. The molecule has 0 atom stereocenters. The zero-order chi connectivity index (χ0) is 18.5. The van der Waals surface area contributed by atoms with E-state index in [0.717, 1.165) is 40.6 Å². The predicted octanol–water partition coefficient (Wildman–Crippen LogP) is 4.56. The van der Waals surface area contributed by atoms with E-state index in [9.17, 15) is 4.79 Å². The molecule has 4 rings (SSSR count). The number of nitrogens with zero attached hydrogens (tertiary/aromatic N) is 3. The Balaban J connectivity index is 0.000000206. The van der Waals surface area contributed by atoms with Gasteiger partial charge in [0.1, 0.15) is 0 Å². The van der Waals surface area contributed by atoms with Crippen molar-refractivity contribution in [1.29, 1.82) is 0 Å². The van der Waals surface area contributed by atoms with Crippen LogP contribution in [0, 0.1) is 13.8 Å². The fourth-order valence-electron chi connectivity index (χ4n) is 2.86. The fraction of sp³-hybridized carbons (Fsp3) is 0.250. The number of anilines is 1. The van der Waals surface area contributed by atoms with Gasteiger partial charge in [0.15, 0.2) is 5.82 Å².